The SMILES string of the molecule is CC(Sc1nnnn1CCc1cccs1)C(=O)Nc1ccc(OCc2ccccc2)cc1. The van der Waals surface area contributed by atoms with Gasteiger partial charge in [0, 0.05) is 17.0 Å². The molecule has 1 atom stereocenters. The van der Waals surface area contributed by atoms with Gasteiger partial charge in [-0.1, -0.05) is 48.2 Å². The summed E-state index contributed by atoms with van der Waals surface area (Å²) in [4.78, 5) is 13.9. The summed E-state index contributed by atoms with van der Waals surface area (Å²) in [6.07, 6.45) is 0.857. The number of nitrogens with one attached hydrogen (secondary N) is 1. The van der Waals surface area contributed by atoms with E-state index in [1.165, 1.54) is 16.6 Å². The fourth-order valence-electron chi connectivity index (χ4n) is 2.92. The topological polar surface area (TPSA) is 81.9 Å². The molecule has 0 bridgehead atoms. The van der Waals surface area contributed by atoms with Crippen LogP contribution in [0.15, 0.2) is 77.3 Å². The largest absolute Gasteiger partial charge is 0.489 e. The molecule has 0 radical (unpaired) electrons. The number of ether oxygens (including phenoxy) is 1. The third kappa shape index (κ3) is 6.18. The van der Waals surface area contributed by atoms with E-state index >= 15 is 0 Å². The van der Waals surface area contributed by atoms with Gasteiger partial charge >= 0.3 is 0 Å². The Morgan fingerprint density at radius 3 is 2.69 bits per heavy atom. The maximum atomic E-state index is 12.7. The monoisotopic (exact) mass is 465 g/mol. The number of aryl methyl sites for hydroxylation is 2. The molecule has 1 N–H and O–H groups in total. The number of tetrazole rings is 1. The Kier molecular flexibility index (Phi) is 7.52. The highest BCUT2D eigenvalue weighted by Crippen LogP contribution is 2.23. The number of benzene rings is 2. The van der Waals surface area contributed by atoms with Crippen LogP contribution in [-0.2, 0) is 24.4 Å². The van der Waals surface area contributed by atoms with Gasteiger partial charge in [0.15, 0.2) is 0 Å². The van der Waals surface area contributed by atoms with Crippen molar-refractivity contribution in [2.75, 3.05) is 5.32 Å². The number of hydrogen-bond acceptors (Lipinski definition) is 7. The molecule has 0 fully saturated rings. The highest BCUT2D eigenvalue weighted by atomic mass is 32.2. The van der Waals surface area contributed by atoms with Crippen molar-refractivity contribution in [3.8, 4) is 5.75 Å². The first-order valence-corrected chi connectivity index (χ1v) is 12.0. The molecular formula is C23H23N5O2S2. The third-order valence-corrected chi connectivity index (χ3v) is 6.68. The minimum Gasteiger partial charge on any atom is -0.489 e. The van der Waals surface area contributed by atoms with Gasteiger partial charge < -0.3 is 10.1 Å². The van der Waals surface area contributed by atoms with Gasteiger partial charge in [0.25, 0.3) is 0 Å². The molecule has 7 nitrogen and oxygen atoms in total. The Morgan fingerprint density at radius 2 is 1.94 bits per heavy atom. The first-order chi connectivity index (χ1) is 15.7. The predicted molar refractivity (Wildman–Crippen MR) is 127 cm³/mol. The van der Waals surface area contributed by atoms with Crippen molar-refractivity contribution < 1.29 is 9.53 Å². The number of anilines is 1. The van der Waals surface area contributed by atoms with E-state index in [0.29, 0.717) is 24.0 Å². The standard InChI is InChI=1S/C23H23N5O2S2/c1-17(32-23-25-26-27-28(23)14-13-21-8-5-15-31-21)22(29)24-19-9-11-20(12-10-19)30-16-18-6-3-2-4-7-18/h2-12,15,17H,13-14,16H2,1H3,(H,24,29). The number of thioether (sulfide) groups is 1. The summed E-state index contributed by atoms with van der Waals surface area (Å²) in [7, 11) is 0. The van der Waals surface area contributed by atoms with Gasteiger partial charge in [0.2, 0.25) is 11.1 Å². The molecule has 1 amide bonds. The van der Waals surface area contributed by atoms with Crippen molar-refractivity contribution in [3.63, 3.8) is 0 Å². The maximum Gasteiger partial charge on any atom is 0.237 e. The van der Waals surface area contributed by atoms with Gasteiger partial charge in [-0.15, -0.1) is 16.4 Å². The number of hydrogen-bond donors (Lipinski definition) is 1. The highest BCUT2D eigenvalue weighted by molar-refractivity contribution is 8.00. The Labute approximate surface area is 194 Å². The summed E-state index contributed by atoms with van der Waals surface area (Å²) in [5.41, 5.74) is 1.82. The summed E-state index contributed by atoms with van der Waals surface area (Å²) in [6, 6.07) is 21.5. The molecule has 4 aromatic rings. The van der Waals surface area contributed by atoms with E-state index in [-0.39, 0.29) is 11.2 Å². The summed E-state index contributed by atoms with van der Waals surface area (Å²) in [5, 5.41) is 17.2. The Bertz CT molecular complexity index is 1120. The van der Waals surface area contributed by atoms with E-state index in [9.17, 15) is 4.79 Å². The molecule has 2 aromatic carbocycles. The summed E-state index contributed by atoms with van der Waals surface area (Å²) in [5.74, 6) is 0.639. The molecule has 1 unspecified atom stereocenters. The third-order valence-electron chi connectivity index (χ3n) is 4.67. The molecule has 0 aliphatic rings. The van der Waals surface area contributed by atoms with Crippen LogP contribution in [0, 0.1) is 0 Å². The van der Waals surface area contributed by atoms with Gasteiger partial charge in [-0.25, -0.2) is 4.68 Å². The number of carbonyl (C=O) groups excluding carboxylic acids is 1. The number of thiophene rings is 1. The van der Waals surface area contributed by atoms with Crippen LogP contribution in [-0.4, -0.2) is 31.4 Å². The number of carbonyl (C=O) groups is 1. The molecule has 32 heavy (non-hydrogen) atoms. The average Bonchev–Trinajstić information content (AvgIpc) is 3.50. The minimum absolute atomic E-state index is 0.110. The Balaban J connectivity index is 1.27. The molecule has 0 aliphatic carbocycles. The zero-order chi connectivity index (χ0) is 22.2. The molecule has 2 heterocycles. The summed E-state index contributed by atoms with van der Waals surface area (Å²) in [6.45, 7) is 3.02. The lowest BCUT2D eigenvalue weighted by molar-refractivity contribution is -0.115. The van der Waals surface area contributed by atoms with Gasteiger partial charge in [-0.05, 0) is 58.6 Å². The quantitative estimate of drug-likeness (QED) is 0.343. The molecule has 0 saturated heterocycles. The van der Waals surface area contributed by atoms with Crippen LogP contribution >= 0.6 is 23.1 Å². The molecule has 0 saturated carbocycles. The number of amides is 1. The first-order valence-electron chi connectivity index (χ1n) is 10.2. The Morgan fingerprint density at radius 1 is 1.12 bits per heavy atom. The van der Waals surface area contributed by atoms with Crippen molar-refractivity contribution in [2.45, 2.75) is 36.9 Å². The average molecular weight is 466 g/mol. The van der Waals surface area contributed by atoms with Crippen LogP contribution in [0.2, 0.25) is 0 Å². The molecule has 4 rings (SSSR count). The lowest BCUT2D eigenvalue weighted by atomic mass is 10.2. The zero-order valence-corrected chi connectivity index (χ0v) is 19.2. The van der Waals surface area contributed by atoms with Crippen molar-refractivity contribution in [2.24, 2.45) is 0 Å². The van der Waals surface area contributed by atoms with Gasteiger partial charge in [-0.3, -0.25) is 4.79 Å². The normalized spacial score (nSPS) is 11.8. The second kappa shape index (κ2) is 10.9. The van der Waals surface area contributed by atoms with Gasteiger partial charge in [0.05, 0.1) is 11.8 Å². The Hall–Kier alpha value is -3.17. The van der Waals surface area contributed by atoms with Crippen LogP contribution in [0.5, 0.6) is 5.75 Å². The minimum atomic E-state index is -0.351. The van der Waals surface area contributed by atoms with Crippen molar-refractivity contribution in [1.82, 2.24) is 20.2 Å². The molecule has 9 heteroatoms. The lowest BCUT2D eigenvalue weighted by Gasteiger charge is -2.12. The van der Waals surface area contributed by atoms with Crippen LogP contribution in [0.3, 0.4) is 0 Å². The van der Waals surface area contributed by atoms with Crippen LogP contribution in [0.1, 0.15) is 17.4 Å². The number of aromatic nitrogens is 4. The van der Waals surface area contributed by atoms with Gasteiger partial charge in [-0.2, -0.15) is 0 Å². The van der Waals surface area contributed by atoms with E-state index in [1.807, 2.05) is 67.6 Å². The van der Waals surface area contributed by atoms with Crippen LogP contribution in [0.4, 0.5) is 5.69 Å². The van der Waals surface area contributed by atoms with E-state index in [4.69, 9.17) is 4.74 Å². The molecule has 0 aliphatic heterocycles. The zero-order valence-electron chi connectivity index (χ0n) is 17.5. The molecule has 164 valence electrons. The summed E-state index contributed by atoms with van der Waals surface area (Å²) >= 11 is 3.06. The van der Waals surface area contributed by atoms with E-state index < -0.39 is 0 Å². The first kappa shape index (κ1) is 22.0. The predicted octanol–water partition coefficient (Wildman–Crippen LogP) is 4.68. The van der Waals surface area contributed by atoms with Gasteiger partial charge in [0.1, 0.15) is 12.4 Å². The van der Waals surface area contributed by atoms with Crippen molar-refractivity contribution >= 4 is 34.7 Å². The second-order valence-electron chi connectivity index (χ2n) is 7.06. The summed E-state index contributed by atoms with van der Waals surface area (Å²) < 4.78 is 7.53. The molecule has 0 spiro atoms. The van der Waals surface area contributed by atoms with Crippen molar-refractivity contribution in [3.05, 3.63) is 82.6 Å². The number of nitrogens with zero attached hydrogens (tertiary/aromatic N) is 4. The van der Waals surface area contributed by atoms with Crippen LogP contribution < -0.4 is 10.1 Å². The van der Waals surface area contributed by atoms with Crippen LogP contribution in [0.25, 0.3) is 0 Å². The fraction of sp³-hybridized carbons (Fsp3) is 0.217. The van der Waals surface area contributed by atoms with E-state index in [1.54, 1.807) is 16.0 Å². The van der Waals surface area contributed by atoms with E-state index in [0.717, 1.165) is 17.7 Å². The van der Waals surface area contributed by atoms with Crippen molar-refractivity contribution in [1.29, 1.82) is 0 Å². The molecular weight excluding hydrogens is 442 g/mol. The lowest BCUT2D eigenvalue weighted by Crippen LogP contribution is -2.23. The maximum absolute atomic E-state index is 12.7. The second-order valence-corrected chi connectivity index (χ2v) is 9.40. The highest BCUT2D eigenvalue weighted by Gasteiger charge is 2.19. The fourth-order valence-corrected chi connectivity index (χ4v) is 4.44. The number of rotatable bonds is 10. The molecule has 2 aromatic heterocycles. The van der Waals surface area contributed by atoms with E-state index in [2.05, 4.69) is 32.3 Å². The smallest absolute Gasteiger partial charge is 0.237 e.